The fraction of sp³-hybridized carbons (Fsp3) is 0.0667. The van der Waals surface area contributed by atoms with Gasteiger partial charge < -0.3 is 4.74 Å². The van der Waals surface area contributed by atoms with Crippen LogP contribution < -0.4 is 4.74 Å². The van der Waals surface area contributed by atoms with Crippen molar-refractivity contribution in [1.82, 2.24) is 0 Å². The van der Waals surface area contributed by atoms with Gasteiger partial charge in [0.1, 0.15) is 12.4 Å². The molecule has 0 aliphatic carbocycles. The molecule has 0 fully saturated rings. The van der Waals surface area contributed by atoms with Gasteiger partial charge in [0.15, 0.2) is 0 Å². The van der Waals surface area contributed by atoms with Crippen molar-refractivity contribution in [2.24, 2.45) is 0 Å². The van der Waals surface area contributed by atoms with Crippen molar-refractivity contribution in [3.05, 3.63) is 76.1 Å². The van der Waals surface area contributed by atoms with E-state index >= 15 is 0 Å². The summed E-state index contributed by atoms with van der Waals surface area (Å²) < 4.78 is 18.6. The van der Waals surface area contributed by atoms with E-state index in [1.54, 1.807) is 6.08 Å². The van der Waals surface area contributed by atoms with Crippen LogP contribution in [0.15, 0.2) is 54.6 Å². The van der Waals surface area contributed by atoms with E-state index in [0.717, 1.165) is 17.7 Å². The van der Waals surface area contributed by atoms with Gasteiger partial charge in [-0.1, -0.05) is 36.4 Å². The van der Waals surface area contributed by atoms with E-state index in [-0.39, 0.29) is 12.4 Å². The molecule has 2 rings (SSSR count). The molecule has 0 unspecified atom stereocenters. The van der Waals surface area contributed by atoms with Crippen LogP contribution in [-0.2, 0) is 0 Å². The number of nitro benzene ring substituents is 1. The van der Waals surface area contributed by atoms with Crippen LogP contribution in [0, 0.1) is 15.9 Å². The van der Waals surface area contributed by atoms with E-state index in [1.807, 2.05) is 36.4 Å². The summed E-state index contributed by atoms with van der Waals surface area (Å²) in [6.45, 7) is 0.256. The van der Waals surface area contributed by atoms with Crippen LogP contribution in [0.5, 0.6) is 5.75 Å². The van der Waals surface area contributed by atoms with E-state index in [0.29, 0.717) is 0 Å². The van der Waals surface area contributed by atoms with Gasteiger partial charge in [0.25, 0.3) is 0 Å². The highest BCUT2D eigenvalue weighted by atomic mass is 19.1. The number of nitro groups is 1. The van der Waals surface area contributed by atoms with Gasteiger partial charge in [0.05, 0.1) is 4.92 Å². The monoisotopic (exact) mass is 273 g/mol. The Labute approximate surface area is 115 Å². The van der Waals surface area contributed by atoms with Crippen molar-refractivity contribution in [3.8, 4) is 5.75 Å². The fourth-order valence-corrected chi connectivity index (χ4v) is 1.62. The van der Waals surface area contributed by atoms with Gasteiger partial charge in [-0.15, -0.1) is 0 Å². The van der Waals surface area contributed by atoms with Crippen molar-refractivity contribution in [2.75, 3.05) is 6.61 Å². The summed E-state index contributed by atoms with van der Waals surface area (Å²) in [6, 6.07) is 13.1. The molecule has 0 aromatic heterocycles. The second-order valence-electron chi connectivity index (χ2n) is 3.99. The predicted molar refractivity (Wildman–Crippen MR) is 74.0 cm³/mol. The lowest BCUT2D eigenvalue weighted by molar-refractivity contribution is -0.387. The Bertz CT molecular complexity index is 626. The van der Waals surface area contributed by atoms with Crippen LogP contribution in [0.4, 0.5) is 10.1 Å². The van der Waals surface area contributed by atoms with E-state index in [4.69, 9.17) is 4.74 Å². The molecule has 0 atom stereocenters. The maximum Gasteiger partial charge on any atom is 0.305 e. The highest BCUT2D eigenvalue weighted by Crippen LogP contribution is 2.22. The first-order valence-electron chi connectivity index (χ1n) is 5.95. The highest BCUT2D eigenvalue weighted by Gasteiger charge is 2.13. The van der Waals surface area contributed by atoms with Gasteiger partial charge in [-0.3, -0.25) is 10.1 Å². The number of nitrogens with zero attached hydrogens (tertiary/aromatic N) is 1. The lowest BCUT2D eigenvalue weighted by atomic mass is 10.2. The normalized spacial score (nSPS) is 10.7. The number of halogens is 1. The number of hydrogen-bond acceptors (Lipinski definition) is 3. The standard InChI is InChI=1S/C15H12FNO3/c16-14-11-13(8-9-15(14)17(18)19)20-10-4-7-12-5-2-1-3-6-12/h1-9,11H,10H2/b7-4+. The number of benzene rings is 2. The molecule has 0 amide bonds. The molecule has 5 heteroatoms. The summed E-state index contributed by atoms with van der Waals surface area (Å²) >= 11 is 0. The van der Waals surface area contributed by atoms with Crippen LogP contribution in [0.1, 0.15) is 5.56 Å². The van der Waals surface area contributed by atoms with E-state index < -0.39 is 16.4 Å². The third-order valence-electron chi connectivity index (χ3n) is 2.57. The minimum atomic E-state index is -0.903. The molecule has 0 aliphatic heterocycles. The molecule has 0 spiro atoms. The highest BCUT2D eigenvalue weighted by molar-refractivity contribution is 5.48. The Balaban J connectivity index is 1.93. The summed E-state index contributed by atoms with van der Waals surface area (Å²) in [5, 5.41) is 10.5. The first-order chi connectivity index (χ1) is 9.66. The van der Waals surface area contributed by atoms with Gasteiger partial charge in [-0.05, 0) is 17.7 Å². The van der Waals surface area contributed by atoms with Crippen LogP contribution >= 0.6 is 0 Å². The maximum atomic E-state index is 13.3. The molecular formula is C15H12FNO3. The molecule has 0 saturated carbocycles. The molecule has 0 bridgehead atoms. The van der Waals surface area contributed by atoms with Gasteiger partial charge >= 0.3 is 5.69 Å². The third-order valence-corrected chi connectivity index (χ3v) is 2.57. The molecule has 0 N–H and O–H groups in total. The average Bonchev–Trinajstić information content (AvgIpc) is 2.44. The Morgan fingerprint density at radius 1 is 1.20 bits per heavy atom. The average molecular weight is 273 g/mol. The Morgan fingerprint density at radius 2 is 1.95 bits per heavy atom. The van der Waals surface area contributed by atoms with Gasteiger partial charge in [-0.2, -0.15) is 4.39 Å². The van der Waals surface area contributed by atoms with Crippen molar-refractivity contribution >= 4 is 11.8 Å². The summed E-state index contributed by atoms with van der Waals surface area (Å²) in [5.41, 5.74) is 0.475. The zero-order valence-corrected chi connectivity index (χ0v) is 10.5. The van der Waals surface area contributed by atoms with E-state index in [1.165, 1.54) is 6.07 Å². The van der Waals surface area contributed by atoms with Gasteiger partial charge in [-0.25, -0.2) is 0 Å². The Morgan fingerprint density at radius 3 is 2.60 bits per heavy atom. The first kappa shape index (κ1) is 13.7. The Hall–Kier alpha value is -2.69. The topological polar surface area (TPSA) is 52.4 Å². The summed E-state index contributed by atoms with van der Waals surface area (Å²) in [5.74, 6) is -0.648. The lowest BCUT2D eigenvalue weighted by Gasteiger charge is -2.03. The van der Waals surface area contributed by atoms with Crippen LogP contribution in [0.3, 0.4) is 0 Å². The lowest BCUT2D eigenvalue weighted by Crippen LogP contribution is -1.96. The Kier molecular flexibility index (Phi) is 4.44. The number of ether oxygens (including phenoxy) is 1. The zero-order valence-electron chi connectivity index (χ0n) is 10.5. The molecule has 2 aromatic rings. The minimum Gasteiger partial charge on any atom is -0.489 e. The van der Waals surface area contributed by atoms with Crippen LogP contribution in [-0.4, -0.2) is 11.5 Å². The minimum absolute atomic E-state index is 0.255. The second kappa shape index (κ2) is 6.47. The molecule has 0 heterocycles. The second-order valence-corrected chi connectivity index (χ2v) is 3.99. The molecular weight excluding hydrogens is 261 g/mol. The largest absolute Gasteiger partial charge is 0.489 e. The maximum absolute atomic E-state index is 13.3. The van der Waals surface area contributed by atoms with Crippen LogP contribution in [0.2, 0.25) is 0 Å². The molecule has 20 heavy (non-hydrogen) atoms. The molecule has 0 saturated heterocycles. The third kappa shape index (κ3) is 3.65. The summed E-state index contributed by atoms with van der Waals surface area (Å²) in [6.07, 6.45) is 3.66. The summed E-state index contributed by atoms with van der Waals surface area (Å²) in [4.78, 5) is 9.69. The van der Waals surface area contributed by atoms with Crippen LogP contribution in [0.25, 0.3) is 6.08 Å². The quantitative estimate of drug-likeness (QED) is 0.614. The molecule has 4 nitrogen and oxygen atoms in total. The molecule has 0 aliphatic rings. The molecule has 0 radical (unpaired) electrons. The van der Waals surface area contributed by atoms with Crippen molar-refractivity contribution in [3.63, 3.8) is 0 Å². The predicted octanol–water partition coefficient (Wildman–Crippen LogP) is 3.83. The fourth-order valence-electron chi connectivity index (χ4n) is 1.62. The van der Waals surface area contributed by atoms with Gasteiger partial charge in [0.2, 0.25) is 5.82 Å². The number of rotatable bonds is 5. The van der Waals surface area contributed by atoms with Crippen molar-refractivity contribution < 1.29 is 14.1 Å². The first-order valence-corrected chi connectivity index (χ1v) is 5.95. The SMILES string of the molecule is O=[N+]([O-])c1ccc(OC/C=C/c2ccccc2)cc1F. The summed E-state index contributed by atoms with van der Waals surface area (Å²) in [7, 11) is 0. The smallest absolute Gasteiger partial charge is 0.305 e. The number of hydrogen-bond donors (Lipinski definition) is 0. The van der Waals surface area contributed by atoms with E-state index in [9.17, 15) is 14.5 Å². The molecule has 2 aromatic carbocycles. The molecule has 102 valence electrons. The van der Waals surface area contributed by atoms with Gasteiger partial charge in [0, 0.05) is 12.1 Å². The van der Waals surface area contributed by atoms with Crippen molar-refractivity contribution in [2.45, 2.75) is 0 Å². The van der Waals surface area contributed by atoms with E-state index in [2.05, 4.69) is 0 Å². The zero-order chi connectivity index (χ0) is 14.4. The van der Waals surface area contributed by atoms with Crippen molar-refractivity contribution in [1.29, 1.82) is 0 Å².